The summed E-state index contributed by atoms with van der Waals surface area (Å²) in [5, 5.41) is 36.0. The minimum atomic E-state index is -2.17. The van der Waals surface area contributed by atoms with Gasteiger partial charge in [0.1, 0.15) is 0 Å². The van der Waals surface area contributed by atoms with E-state index in [0.717, 1.165) is 0 Å². The Morgan fingerprint density at radius 3 is 2.52 bits per heavy atom. The highest BCUT2D eigenvalue weighted by Crippen LogP contribution is 2.37. The highest BCUT2D eigenvalue weighted by Gasteiger charge is 2.46. The van der Waals surface area contributed by atoms with E-state index in [2.05, 4.69) is 5.32 Å². The molecule has 0 spiro atoms. The minimum Gasteiger partial charge on any atom is -0.550 e. The molecule has 1 unspecified atom stereocenters. The summed E-state index contributed by atoms with van der Waals surface area (Å²) in [4.78, 5) is 45.1. The molecule has 2 amide bonds. The van der Waals surface area contributed by atoms with Crippen LogP contribution >= 0.6 is 0 Å². The van der Waals surface area contributed by atoms with Crippen molar-refractivity contribution in [3.05, 3.63) is 29.8 Å². The van der Waals surface area contributed by atoms with Crippen LogP contribution in [0.3, 0.4) is 0 Å². The maximum atomic E-state index is 11.9. The van der Waals surface area contributed by atoms with Crippen molar-refractivity contribution in [2.75, 3.05) is 5.32 Å². The van der Waals surface area contributed by atoms with Gasteiger partial charge in [-0.15, -0.1) is 0 Å². The molecule has 1 aromatic carbocycles. The number of aliphatic carboxylic acids is 2. The van der Waals surface area contributed by atoms with Gasteiger partial charge in [-0.2, -0.15) is 0 Å². The summed E-state index contributed by atoms with van der Waals surface area (Å²) in [6.45, 7) is 0. The number of rotatable bonds is 6. The highest BCUT2D eigenvalue weighted by atomic mass is 16.4. The molecule has 23 heavy (non-hydrogen) atoms. The number of aliphatic hydroxyl groups is 1. The zero-order valence-electron chi connectivity index (χ0n) is 11.7. The molecule has 1 aliphatic rings. The Morgan fingerprint density at radius 1 is 1.26 bits per heavy atom. The first-order valence-electron chi connectivity index (χ1n) is 6.57. The number of carbonyl (C=O) groups is 4. The zero-order chi connectivity index (χ0) is 17.2. The molecular weight excluding hydrogens is 308 g/mol. The summed E-state index contributed by atoms with van der Waals surface area (Å²) >= 11 is 0. The van der Waals surface area contributed by atoms with Gasteiger partial charge in [0.25, 0.3) is 5.91 Å². The number of hydrogen-bond acceptors (Lipinski definition) is 7. The van der Waals surface area contributed by atoms with Crippen LogP contribution in [0.25, 0.3) is 0 Å². The number of benzene rings is 1. The average molecular weight is 320 g/mol. The van der Waals surface area contributed by atoms with Gasteiger partial charge in [0.2, 0.25) is 5.91 Å². The third-order valence-electron chi connectivity index (χ3n) is 3.40. The number of carbonyl (C=O) groups excluding carboxylic acids is 4. The molecule has 0 aromatic heterocycles. The third-order valence-corrected chi connectivity index (χ3v) is 3.40. The van der Waals surface area contributed by atoms with E-state index >= 15 is 0 Å². The maximum Gasteiger partial charge on any atom is 0.261 e. The van der Waals surface area contributed by atoms with E-state index in [9.17, 15) is 34.5 Å². The van der Waals surface area contributed by atoms with Crippen molar-refractivity contribution in [2.24, 2.45) is 0 Å². The first kappa shape index (κ1) is 16.4. The predicted molar refractivity (Wildman–Crippen MR) is 70.1 cm³/mol. The quantitative estimate of drug-likeness (QED) is 0.492. The molecule has 0 aliphatic carbocycles. The van der Waals surface area contributed by atoms with Gasteiger partial charge in [0.15, 0.2) is 5.60 Å². The second-order valence-corrected chi connectivity index (χ2v) is 5.05. The predicted octanol–water partition coefficient (Wildman–Crippen LogP) is -3.41. The number of nitrogens with one attached hydrogen (secondary N) is 2. The smallest absolute Gasteiger partial charge is 0.261 e. The molecular formula is C14H12N2O7-2. The summed E-state index contributed by atoms with van der Waals surface area (Å²) in [6, 6.07) is 4.33. The van der Waals surface area contributed by atoms with Gasteiger partial charge in [-0.25, -0.2) is 0 Å². The van der Waals surface area contributed by atoms with E-state index in [1.807, 2.05) is 5.32 Å². The van der Waals surface area contributed by atoms with Crippen LogP contribution in [0.2, 0.25) is 0 Å². The topological polar surface area (TPSA) is 159 Å². The standard InChI is InChI=1S/C14H14N2O7/c17-10(15-9(12(20)21)5-11(18)19)6-14(23)7-3-1-2-4-8(7)16-13(14)22/h1-4,9,23H,5-6H2,(H,15,17)(H,16,22)(H,18,19)(H,20,21)/p-2/t9-,14?/m0/s1. The Hall–Kier alpha value is -2.94. The molecule has 1 aromatic rings. The van der Waals surface area contributed by atoms with Crippen LogP contribution in [-0.4, -0.2) is 34.9 Å². The van der Waals surface area contributed by atoms with E-state index in [1.165, 1.54) is 12.1 Å². The zero-order valence-corrected chi connectivity index (χ0v) is 11.7. The second-order valence-electron chi connectivity index (χ2n) is 5.05. The molecule has 122 valence electrons. The van der Waals surface area contributed by atoms with Crippen LogP contribution in [-0.2, 0) is 24.8 Å². The van der Waals surface area contributed by atoms with E-state index in [-0.39, 0.29) is 5.56 Å². The van der Waals surface area contributed by atoms with Crippen molar-refractivity contribution in [3.8, 4) is 0 Å². The Morgan fingerprint density at radius 2 is 1.91 bits per heavy atom. The molecule has 0 saturated heterocycles. The van der Waals surface area contributed by atoms with Crippen LogP contribution in [0, 0.1) is 0 Å². The SMILES string of the molecule is O=C([O-])C[C@H](NC(=O)CC1(O)C(=O)Nc2ccccc21)C(=O)[O-]. The molecule has 0 bridgehead atoms. The van der Waals surface area contributed by atoms with E-state index < -0.39 is 48.2 Å². The lowest BCUT2D eigenvalue weighted by atomic mass is 9.91. The largest absolute Gasteiger partial charge is 0.550 e. The van der Waals surface area contributed by atoms with Crippen molar-refractivity contribution in [3.63, 3.8) is 0 Å². The van der Waals surface area contributed by atoms with Gasteiger partial charge in [-0.3, -0.25) is 9.59 Å². The summed E-state index contributed by atoms with van der Waals surface area (Å²) in [5.74, 6) is -5.36. The van der Waals surface area contributed by atoms with Crippen molar-refractivity contribution in [1.82, 2.24) is 5.32 Å². The minimum absolute atomic E-state index is 0.171. The molecule has 1 heterocycles. The van der Waals surface area contributed by atoms with Crippen LogP contribution < -0.4 is 20.8 Å². The number of hydrogen-bond donors (Lipinski definition) is 3. The summed E-state index contributed by atoms with van der Waals surface area (Å²) in [7, 11) is 0. The number of carboxylic acids is 2. The Labute approximate surface area is 129 Å². The molecule has 9 heteroatoms. The molecule has 0 saturated carbocycles. The number of amides is 2. The lowest BCUT2D eigenvalue weighted by molar-refractivity contribution is -0.317. The summed E-state index contributed by atoms with van der Waals surface area (Å²) in [5.41, 5.74) is -1.66. The van der Waals surface area contributed by atoms with E-state index in [1.54, 1.807) is 12.1 Å². The van der Waals surface area contributed by atoms with Crippen molar-refractivity contribution < 1.29 is 34.5 Å². The van der Waals surface area contributed by atoms with Gasteiger partial charge < -0.3 is 35.5 Å². The third kappa shape index (κ3) is 3.29. The van der Waals surface area contributed by atoms with E-state index in [0.29, 0.717) is 5.69 Å². The Balaban J connectivity index is 2.14. The highest BCUT2D eigenvalue weighted by molar-refractivity contribution is 6.07. The van der Waals surface area contributed by atoms with Crippen LogP contribution in [0.4, 0.5) is 5.69 Å². The number of carboxylic acid groups (broad SMARTS) is 2. The lowest BCUT2D eigenvalue weighted by Crippen LogP contribution is -2.52. The fourth-order valence-corrected chi connectivity index (χ4v) is 2.31. The number of para-hydroxylation sites is 1. The Bertz CT molecular complexity index is 687. The van der Waals surface area contributed by atoms with Crippen LogP contribution in [0.1, 0.15) is 18.4 Å². The second kappa shape index (κ2) is 6.05. The monoisotopic (exact) mass is 320 g/mol. The van der Waals surface area contributed by atoms with Gasteiger partial charge >= 0.3 is 0 Å². The van der Waals surface area contributed by atoms with Gasteiger partial charge in [-0.05, 0) is 6.07 Å². The molecule has 3 N–H and O–H groups in total. The van der Waals surface area contributed by atoms with Crippen LogP contribution in [0.5, 0.6) is 0 Å². The van der Waals surface area contributed by atoms with Crippen molar-refractivity contribution in [2.45, 2.75) is 24.5 Å². The summed E-state index contributed by atoms with van der Waals surface area (Å²) in [6.07, 6.45) is -1.76. The first-order chi connectivity index (χ1) is 10.7. The maximum absolute atomic E-state index is 11.9. The first-order valence-corrected chi connectivity index (χ1v) is 6.57. The molecule has 0 radical (unpaired) electrons. The fraction of sp³-hybridized carbons (Fsp3) is 0.286. The van der Waals surface area contributed by atoms with Crippen molar-refractivity contribution >= 4 is 29.4 Å². The van der Waals surface area contributed by atoms with Gasteiger partial charge in [-0.1, -0.05) is 18.2 Å². The van der Waals surface area contributed by atoms with Gasteiger partial charge in [0, 0.05) is 23.6 Å². The fourth-order valence-electron chi connectivity index (χ4n) is 2.31. The number of anilines is 1. The average Bonchev–Trinajstić information content (AvgIpc) is 2.69. The Kier molecular flexibility index (Phi) is 4.32. The molecule has 2 rings (SSSR count). The van der Waals surface area contributed by atoms with E-state index in [4.69, 9.17) is 0 Å². The van der Waals surface area contributed by atoms with Gasteiger partial charge in [0.05, 0.1) is 18.4 Å². The molecule has 2 atom stereocenters. The normalized spacial score (nSPS) is 20.3. The van der Waals surface area contributed by atoms with Crippen LogP contribution in [0.15, 0.2) is 24.3 Å². The van der Waals surface area contributed by atoms with Crippen molar-refractivity contribution in [1.29, 1.82) is 0 Å². The molecule has 9 nitrogen and oxygen atoms in total. The summed E-state index contributed by atoms with van der Waals surface area (Å²) < 4.78 is 0. The lowest BCUT2D eigenvalue weighted by Gasteiger charge is -2.24. The molecule has 1 aliphatic heterocycles. The molecule has 0 fully saturated rings. The number of fused-ring (bicyclic) bond motifs is 1.